The summed E-state index contributed by atoms with van der Waals surface area (Å²) in [5.41, 5.74) is -1.26. The first kappa shape index (κ1) is 20.8. The summed E-state index contributed by atoms with van der Waals surface area (Å²) >= 11 is 0. The van der Waals surface area contributed by atoms with Gasteiger partial charge in [0.25, 0.3) is 17.2 Å². The summed E-state index contributed by atoms with van der Waals surface area (Å²) < 4.78 is 39.1. The van der Waals surface area contributed by atoms with Gasteiger partial charge in [-0.3, -0.25) is 19.7 Å². The fourth-order valence-electron chi connectivity index (χ4n) is 2.74. The third kappa shape index (κ3) is 4.72. The highest BCUT2D eigenvalue weighted by molar-refractivity contribution is 6.03. The van der Waals surface area contributed by atoms with Gasteiger partial charge in [0, 0.05) is 24.0 Å². The molecule has 0 spiro atoms. The summed E-state index contributed by atoms with van der Waals surface area (Å²) in [5, 5.41) is 13.3. The first-order valence-electron chi connectivity index (χ1n) is 8.56. The molecule has 1 heterocycles. The van der Waals surface area contributed by atoms with Crippen LogP contribution in [0.1, 0.15) is 21.5 Å². The van der Waals surface area contributed by atoms with E-state index in [1.165, 1.54) is 41.1 Å². The number of carbonyl (C=O) groups is 1. The van der Waals surface area contributed by atoms with E-state index in [2.05, 4.69) is 5.32 Å². The second-order valence-electron chi connectivity index (χ2n) is 6.31. The number of nitrogens with zero attached hydrogens (tertiary/aromatic N) is 2. The number of anilines is 1. The average Bonchev–Trinajstić information content (AvgIpc) is 2.69. The maximum Gasteiger partial charge on any atom is 0.416 e. The van der Waals surface area contributed by atoms with Crippen LogP contribution in [-0.4, -0.2) is 15.4 Å². The van der Waals surface area contributed by atoms with Gasteiger partial charge in [-0.25, -0.2) is 0 Å². The smallest absolute Gasteiger partial charge is 0.322 e. The van der Waals surface area contributed by atoms with Crippen molar-refractivity contribution in [3.8, 4) is 0 Å². The predicted octanol–water partition coefficient (Wildman–Crippen LogP) is 4.08. The molecule has 0 unspecified atom stereocenters. The van der Waals surface area contributed by atoms with E-state index in [9.17, 15) is 32.9 Å². The fraction of sp³-hybridized carbons (Fsp3) is 0.100. The van der Waals surface area contributed by atoms with Crippen LogP contribution in [0.4, 0.5) is 24.5 Å². The first-order chi connectivity index (χ1) is 14.1. The van der Waals surface area contributed by atoms with Crippen molar-refractivity contribution in [3.63, 3.8) is 0 Å². The molecule has 0 saturated heterocycles. The summed E-state index contributed by atoms with van der Waals surface area (Å²) in [5.74, 6) is -0.784. The molecule has 1 amide bonds. The molecule has 30 heavy (non-hydrogen) atoms. The minimum absolute atomic E-state index is 0.00190. The minimum Gasteiger partial charge on any atom is -0.322 e. The zero-order chi connectivity index (χ0) is 21.9. The van der Waals surface area contributed by atoms with Crippen LogP contribution in [-0.2, 0) is 12.7 Å². The summed E-state index contributed by atoms with van der Waals surface area (Å²) in [6.07, 6.45) is -3.07. The van der Waals surface area contributed by atoms with Crippen molar-refractivity contribution in [2.75, 3.05) is 5.32 Å². The summed E-state index contributed by atoms with van der Waals surface area (Å²) in [4.78, 5) is 35.4. The number of rotatable bonds is 5. The van der Waals surface area contributed by atoms with Gasteiger partial charge in [-0.1, -0.05) is 12.1 Å². The van der Waals surface area contributed by atoms with Gasteiger partial charge in [-0.15, -0.1) is 0 Å². The number of nitro benzene ring substituents is 1. The number of hydrogen-bond donors (Lipinski definition) is 1. The van der Waals surface area contributed by atoms with E-state index in [-0.39, 0.29) is 23.5 Å². The number of amides is 1. The van der Waals surface area contributed by atoms with Crippen LogP contribution in [0.15, 0.2) is 71.7 Å². The van der Waals surface area contributed by atoms with E-state index in [0.29, 0.717) is 5.56 Å². The molecule has 0 fully saturated rings. The van der Waals surface area contributed by atoms with Gasteiger partial charge in [-0.05, 0) is 42.0 Å². The second-order valence-corrected chi connectivity index (χ2v) is 6.31. The van der Waals surface area contributed by atoms with E-state index in [1.807, 2.05) is 0 Å². The first-order valence-corrected chi connectivity index (χ1v) is 8.56. The molecule has 3 rings (SSSR count). The number of non-ortho nitro benzene ring substituents is 1. The van der Waals surface area contributed by atoms with Gasteiger partial charge >= 0.3 is 6.18 Å². The van der Waals surface area contributed by atoms with Crippen molar-refractivity contribution < 1.29 is 22.9 Å². The fourth-order valence-corrected chi connectivity index (χ4v) is 2.74. The number of halogens is 3. The van der Waals surface area contributed by atoms with Crippen LogP contribution in [0.25, 0.3) is 0 Å². The Hall–Kier alpha value is -3.95. The molecule has 0 bridgehead atoms. The van der Waals surface area contributed by atoms with E-state index >= 15 is 0 Å². The van der Waals surface area contributed by atoms with Crippen LogP contribution in [0.5, 0.6) is 0 Å². The zero-order valence-corrected chi connectivity index (χ0v) is 15.2. The van der Waals surface area contributed by atoms with Crippen LogP contribution in [0.3, 0.4) is 0 Å². The van der Waals surface area contributed by atoms with Crippen molar-refractivity contribution >= 4 is 17.3 Å². The number of aromatic nitrogens is 1. The maximum atomic E-state index is 12.6. The third-order valence-electron chi connectivity index (χ3n) is 4.21. The Balaban J connectivity index is 1.80. The van der Waals surface area contributed by atoms with E-state index < -0.39 is 28.1 Å². The number of alkyl halides is 3. The zero-order valence-electron chi connectivity index (χ0n) is 15.2. The number of nitrogens with one attached hydrogen (secondary N) is 1. The van der Waals surface area contributed by atoms with Crippen LogP contribution < -0.4 is 10.9 Å². The lowest BCUT2D eigenvalue weighted by atomic mass is 10.1. The van der Waals surface area contributed by atoms with Crippen molar-refractivity contribution in [1.82, 2.24) is 4.57 Å². The van der Waals surface area contributed by atoms with Crippen molar-refractivity contribution in [2.24, 2.45) is 0 Å². The van der Waals surface area contributed by atoms with Gasteiger partial charge in [-0.2, -0.15) is 13.2 Å². The van der Waals surface area contributed by atoms with E-state index in [0.717, 1.165) is 24.3 Å². The molecule has 2 aromatic carbocycles. The Morgan fingerprint density at radius 2 is 1.77 bits per heavy atom. The molecular weight excluding hydrogens is 403 g/mol. The highest BCUT2D eigenvalue weighted by Gasteiger charge is 2.30. The van der Waals surface area contributed by atoms with Crippen molar-refractivity contribution in [1.29, 1.82) is 0 Å². The lowest BCUT2D eigenvalue weighted by molar-refractivity contribution is -0.384. The Bertz CT molecular complexity index is 1150. The number of nitro groups is 1. The SMILES string of the molecule is O=C(Nc1ccc(C(F)(F)F)cc1)c1cccn(Cc2cccc([N+](=O)[O-])c2)c1=O. The molecule has 154 valence electrons. The van der Waals surface area contributed by atoms with Gasteiger partial charge in [0.15, 0.2) is 0 Å². The van der Waals surface area contributed by atoms with Gasteiger partial charge in [0.2, 0.25) is 0 Å². The summed E-state index contributed by atoms with van der Waals surface area (Å²) in [6.45, 7) is 0.00190. The summed E-state index contributed by atoms with van der Waals surface area (Å²) in [6, 6.07) is 12.3. The van der Waals surface area contributed by atoms with Crippen LogP contribution in [0, 0.1) is 10.1 Å². The molecule has 0 aliphatic rings. The molecule has 0 saturated carbocycles. The highest BCUT2D eigenvalue weighted by atomic mass is 19.4. The molecule has 7 nitrogen and oxygen atoms in total. The average molecular weight is 417 g/mol. The topological polar surface area (TPSA) is 94.2 Å². The van der Waals surface area contributed by atoms with Crippen LogP contribution in [0.2, 0.25) is 0 Å². The Labute approximate surface area is 167 Å². The van der Waals surface area contributed by atoms with Crippen molar-refractivity contribution in [2.45, 2.75) is 12.7 Å². The third-order valence-corrected chi connectivity index (χ3v) is 4.21. The Kier molecular flexibility index (Phi) is 5.67. The number of carbonyl (C=O) groups excluding carboxylic acids is 1. The molecule has 0 atom stereocenters. The lowest BCUT2D eigenvalue weighted by Crippen LogP contribution is -2.29. The lowest BCUT2D eigenvalue weighted by Gasteiger charge is -2.10. The Morgan fingerprint density at radius 1 is 1.07 bits per heavy atom. The molecule has 10 heteroatoms. The molecule has 0 radical (unpaired) electrons. The highest BCUT2D eigenvalue weighted by Crippen LogP contribution is 2.29. The van der Waals surface area contributed by atoms with Crippen LogP contribution >= 0.6 is 0 Å². The summed E-state index contributed by atoms with van der Waals surface area (Å²) in [7, 11) is 0. The number of benzene rings is 2. The van der Waals surface area contributed by atoms with Crippen molar-refractivity contribution in [3.05, 3.63) is 104 Å². The maximum absolute atomic E-state index is 12.6. The van der Waals surface area contributed by atoms with Gasteiger partial charge in [0.1, 0.15) is 5.56 Å². The number of hydrogen-bond acceptors (Lipinski definition) is 4. The van der Waals surface area contributed by atoms with E-state index in [1.54, 1.807) is 6.07 Å². The number of pyridine rings is 1. The monoisotopic (exact) mass is 417 g/mol. The molecular formula is C20H14F3N3O4. The quantitative estimate of drug-likeness (QED) is 0.500. The van der Waals surface area contributed by atoms with E-state index in [4.69, 9.17) is 0 Å². The molecule has 3 aromatic rings. The predicted molar refractivity (Wildman–Crippen MR) is 102 cm³/mol. The molecule has 0 aliphatic heterocycles. The normalized spacial score (nSPS) is 11.2. The Morgan fingerprint density at radius 3 is 2.40 bits per heavy atom. The van der Waals surface area contributed by atoms with Gasteiger partial charge < -0.3 is 9.88 Å². The molecule has 0 aliphatic carbocycles. The molecule has 1 aromatic heterocycles. The largest absolute Gasteiger partial charge is 0.416 e. The molecule has 1 N–H and O–H groups in total. The second kappa shape index (κ2) is 8.19. The van der Waals surface area contributed by atoms with Gasteiger partial charge in [0.05, 0.1) is 17.0 Å². The minimum atomic E-state index is -4.50. The standard InChI is InChI=1S/C20H14F3N3O4/c21-20(22,23)14-6-8-15(9-7-14)24-18(27)17-5-2-10-25(19(17)28)12-13-3-1-4-16(11-13)26(29)30/h1-11H,12H2,(H,24,27).